The Morgan fingerprint density at radius 2 is 1.94 bits per heavy atom. The summed E-state index contributed by atoms with van der Waals surface area (Å²) in [6.45, 7) is 6.69. The maximum atomic E-state index is 11.2. The molecular weight excluding hydrogens is 204 g/mol. The van der Waals surface area contributed by atoms with Gasteiger partial charge in [-0.1, -0.05) is 0 Å². The second-order valence-electron chi connectivity index (χ2n) is 4.42. The van der Waals surface area contributed by atoms with Crippen molar-refractivity contribution < 1.29 is 9.53 Å². The number of hydrogen-bond donors (Lipinski definition) is 2. The Morgan fingerprint density at radius 1 is 1.31 bits per heavy atom. The molecule has 0 aromatic heterocycles. The van der Waals surface area contributed by atoms with Crippen LogP contribution in [0, 0.1) is 11.8 Å². The van der Waals surface area contributed by atoms with E-state index in [1.54, 1.807) is 0 Å². The molecule has 0 spiro atoms. The Balaban J connectivity index is 3.50. The van der Waals surface area contributed by atoms with Gasteiger partial charge in [0.25, 0.3) is 0 Å². The summed E-state index contributed by atoms with van der Waals surface area (Å²) < 4.78 is 5.07. The lowest BCUT2D eigenvalue weighted by Crippen LogP contribution is -2.32. The summed E-state index contributed by atoms with van der Waals surface area (Å²) in [6, 6.07) is 0. The third-order valence-corrected chi connectivity index (χ3v) is 1.55. The van der Waals surface area contributed by atoms with Crippen LogP contribution in [-0.2, 0) is 4.74 Å². The fourth-order valence-electron chi connectivity index (χ4n) is 0.908. The van der Waals surface area contributed by atoms with E-state index in [-0.39, 0.29) is 0 Å². The highest BCUT2D eigenvalue weighted by molar-refractivity contribution is 5.67. The number of carbonyl (C=O) groups is 1. The fraction of sp³-hybridized carbons (Fsp3) is 0.750. The molecule has 0 aliphatic rings. The van der Waals surface area contributed by atoms with E-state index in [1.807, 2.05) is 20.8 Å². The number of hydrogen-bond acceptors (Lipinski definition) is 3. The maximum absolute atomic E-state index is 11.2. The van der Waals surface area contributed by atoms with Gasteiger partial charge in [0.1, 0.15) is 5.60 Å². The lowest BCUT2D eigenvalue weighted by atomic mass is 10.2. The summed E-state index contributed by atoms with van der Waals surface area (Å²) in [7, 11) is 0. The van der Waals surface area contributed by atoms with Crippen LogP contribution in [0.2, 0.25) is 0 Å². The van der Waals surface area contributed by atoms with Gasteiger partial charge in [-0.3, -0.25) is 0 Å². The molecule has 0 atom stereocenters. The van der Waals surface area contributed by atoms with Gasteiger partial charge in [0.15, 0.2) is 0 Å². The van der Waals surface area contributed by atoms with Gasteiger partial charge in [0.2, 0.25) is 0 Å². The third kappa shape index (κ3) is 10.9. The predicted octanol–water partition coefficient (Wildman–Crippen LogP) is 1.64. The van der Waals surface area contributed by atoms with E-state index in [9.17, 15) is 4.79 Å². The Morgan fingerprint density at radius 3 is 2.50 bits per heavy atom. The number of nitrogens with one attached hydrogen (secondary N) is 1. The molecule has 4 heteroatoms. The monoisotopic (exact) mass is 226 g/mol. The molecule has 16 heavy (non-hydrogen) atoms. The molecular formula is C12H22N2O2. The first-order valence-electron chi connectivity index (χ1n) is 5.58. The van der Waals surface area contributed by atoms with Crippen LogP contribution >= 0.6 is 0 Å². The number of rotatable bonds is 4. The van der Waals surface area contributed by atoms with Gasteiger partial charge in [-0.2, -0.15) is 0 Å². The number of unbranched alkanes of at least 4 members (excludes halogenated alkanes) is 1. The summed E-state index contributed by atoms with van der Waals surface area (Å²) in [5, 5.41) is 2.64. The molecule has 0 saturated heterocycles. The highest BCUT2D eigenvalue weighted by Crippen LogP contribution is 2.06. The van der Waals surface area contributed by atoms with Crippen LogP contribution in [0.3, 0.4) is 0 Å². The van der Waals surface area contributed by atoms with Crippen molar-refractivity contribution in [1.82, 2.24) is 5.32 Å². The van der Waals surface area contributed by atoms with Crippen molar-refractivity contribution in [3.05, 3.63) is 0 Å². The zero-order chi connectivity index (χ0) is 12.4. The highest BCUT2D eigenvalue weighted by atomic mass is 16.6. The summed E-state index contributed by atoms with van der Waals surface area (Å²) in [4.78, 5) is 11.2. The largest absolute Gasteiger partial charge is 0.444 e. The average Bonchev–Trinajstić information content (AvgIpc) is 2.13. The van der Waals surface area contributed by atoms with Crippen molar-refractivity contribution in [2.24, 2.45) is 5.73 Å². The molecule has 0 aliphatic heterocycles. The van der Waals surface area contributed by atoms with Gasteiger partial charge in [-0.05, 0) is 33.7 Å². The van der Waals surface area contributed by atoms with Crippen LogP contribution < -0.4 is 11.1 Å². The SMILES string of the molecule is CC(C)(C)OC(=O)NCCC#CCCCN. The molecule has 0 unspecified atom stereocenters. The summed E-state index contributed by atoms with van der Waals surface area (Å²) >= 11 is 0. The van der Waals surface area contributed by atoms with Crippen LogP contribution in [0.5, 0.6) is 0 Å². The minimum absolute atomic E-state index is 0.392. The quantitative estimate of drug-likeness (QED) is 0.566. The molecule has 0 heterocycles. The first-order chi connectivity index (χ1) is 7.45. The highest BCUT2D eigenvalue weighted by Gasteiger charge is 2.14. The molecule has 0 saturated carbocycles. The van der Waals surface area contributed by atoms with E-state index in [2.05, 4.69) is 17.2 Å². The van der Waals surface area contributed by atoms with E-state index >= 15 is 0 Å². The lowest BCUT2D eigenvalue weighted by molar-refractivity contribution is 0.0529. The van der Waals surface area contributed by atoms with E-state index in [1.165, 1.54) is 0 Å². The molecule has 0 fully saturated rings. The molecule has 0 bridgehead atoms. The van der Waals surface area contributed by atoms with E-state index in [0.29, 0.717) is 19.5 Å². The number of alkyl carbamates (subject to hydrolysis) is 1. The van der Waals surface area contributed by atoms with Gasteiger partial charge < -0.3 is 15.8 Å². The minimum Gasteiger partial charge on any atom is -0.444 e. The second kappa shape index (κ2) is 8.00. The van der Waals surface area contributed by atoms with Gasteiger partial charge in [-0.15, -0.1) is 11.8 Å². The van der Waals surface area contributed by atoms with Crippen molar-refractivity contribution in [2.45, 2.75) is 45.6 Å². The zero-order valence-electron chi connectivity index (χ0n) is 10.4. The first kappa shape index (κ1) is 14.8. The van der Waals surface area contributed by atoms with Gasteiger partial charge in [-0.25, -0.2) is 4.79 Å². The fourth-order valence-corrected chi connectivity index (χ4v) is 0.908. The first-order valence-corrected chi connectivity index (χ1v) is 5.58. The van der Waals surface area contributed by atoms with Crippen molar-refractivity contribution in [1.29, 1.82) is 0 Å². The Hall–Kier alpha value is -1.21. The maximum Gasteiger partial charge on any atom is 0.407 e. The zero-order valence-corrected chi connectivity index (χ0v) is 10.4. The van der Waals surface area contributed by atoms with Crippen LogP contribution in [0.25, 0.3) is 0 Å². The molecule has 0 aromatic rings. The van der Waals surface area contributed by atoms with E-state index < -0.39 is 11.7 Å². The summed E-state index contributed by atoms with van der Waals surface area (Å²) in [6.07, 6.45) is 2.00. The topological polar surface area (TPSA) is 64.3 Å². The summed E-state index contributed by atoms with van der Waals surface area (Å²) in [5.74, 6) is 5.95. The van der Waals surface area contributed by atoms with Gasteiger partial charge in [0.05, 0.1) is 0 Å². The lowest BCUT2D eigenvalue weighted by Gasteiger charge is -2.19. The standard InChI is InChI=1S/C12H22N2O2/c1-12(2,3)16-11(15)14-10-8-6-4-5-7-9-13/h5,7-10,13H2,1-3H3,(H,14,15). The van der Waals surface area contributed by atoms with E-state index in [4.69, 9.17) is 10.5 Å². The van der Waals surface area contributed by atoms with Crippen LogP contribution in [0.1, 0.15) is 40.0 Å². The minimum atomic E-state index is -0.448. The number of amides is 1. The Labute approximate surface area is 97.9 Å². The Kier molecular flexibility index (Phi) is 7.40. The second-order valence-corrected chi connectivity index (χ2v) is 4.42. The van der Waals surface area contributed by atoms with Crippen molar-refractivity contribution in [3.63, 3.8) is 0 Å². The van der Waals surface area contributed by atoms with E-state index in [0.717, 1.165) is 12.8 Å². The Bertz CT molecular complexity index is 258. The molecule has 3 N–H and O–H groups in total. The summed E-state index contributed by atoms with van der Waals surface area (Å²) in [5.41, 5.74) is 4.88. The third-order valence-electron chi connectivity index (χ3n) is 1.55. The van der Waals surface area contributed by atoms with Gasteiger partial charge >= 0.3 is 6.09 Å². The van der Waals surface area contributed by atoms with Crippen LogP contribution in [0.15, 0.2) is 0 Å². The molecule has 92 valence electrons. The van der Waals surface area contributed by atoms with Crippen LogP contribution in [-0.4, -0.2) is 24.8 Å². The van der Waals surface area contributed by atoms with Crippen molar-refractivity contribution in [3.8, 4) is 11.8 Å². The molecule has 1 amide bonds. The molecule has 4 nitrogen and oxygen atoms in total. The van der Waals surface area contributed by atoms with Gasteiger partial charge in [0, 0.05) is 19.4 Å². The average molecular weight is 226 g/mol. The number of carbonyl (C=O) groups excluding carboxylic acids is 1. The van der Waals surface area contributed by atoms with Crippen molar-refractivity contribution >= 4 is 6.09 Å². The number of nitrogens with two attached hydrogens (primary N) is 1. The smallest absolute Gasteiger partial charge is 0.407 e. The molecule has 0 rings (SSSR count). The number of ether oxygens (including phenoxy) is 1. The molecule has 0 radical (unpaired) electrons. The van der Waals surface area contributed by atoms with Crippen molar-refractivity contribution in [2.75, 3.05) is 13.1 Å². The molecule has 0 aliphatic carbocycles. The predicted molar refractivity (Wildman–Crippen MR) is 64.9 cm³/mol. The normalized spacial score (nSPS) is 10.2. The van der Waals surface area contributed by atoms with Crippen LogP contribution in [0.4, 0.5) is 4.79 Å². The molecule has 0 aromatic carbocycles.